The van der Waals surface area contributed by atoms with Crippen LogP contribution < -0.4 is 0 Å². The van der Waals surface area contributed by atoms with Gasteiger partial charge >= 0.3 is 10.2 Å². The Morgan fingerprint density at radius 2 is 1.20 bits per heavy atom. The summed E-state index contributed by atoms with van der Waals surface area (Å²) in [6, 6.07) is 13.6. The maximum Gasteiger partial charge on any atom is 0.315 e. The number of halogens is 11. The highest BCUT2D eigenvalue weighted by Crippen LogP contribution is 3.02. The first-order chi connectivity index (χ1) is 20.9. The van der Waals surface area contributed by atoms with E-state index in [1.165, 1.54) is 18.2 Å². The minimum absolute atomic E-state index is 0.000300. The Labute approximate surface area is 252 Å². The third kappa shape index (κ3) is 8.27. The fourth-order valence-corrected chi connectivity index (χ4v) is 5.69. The van der Waals surface area contributed by atoms with E-state index < -0.39 is 61.2 Å². The molecule has 0 unspecified atom stereocenters. The van der Waals surface area contributed by atoms with Crippen molar-refractivity contribution in [1.82, 2.24) is 0 Å². The van der Waals surface area contributed by atoms with E-state index in [4.69, 9.17) is 0 Å². The Bertz CT molecular complexity index is 1720. The largest absolute Gasteiger partial charge is 0.315 e. The lowest BCUT2D eigenvalue weighted by Crippen LogP contribution is -2.11. The van der Waals surface area contributed by atoms with Gasteiger partial charge in [0.05, 0.1) is 0 Å². The Balaban J connectivity index is 1.46. The molecule has 4 rings (SSSR count). The van der Waals surface area contributed by atoms with Crippen LogP contribution >= 0.6 is 10.2 Å². The van der Waals surface area contributed by atoms with Crippen LogP contribution in [0.3, 0.4) is 0 Å². The number of allylic oxidation sites excluding steroid dienone is 1. The van der Waals surface area contributed by atoms with Crippen LogP contribution in [0.4, 0.5) is 45.8 Å². The van der Waals surface area contributed by atoms with Crippen molar-refractivity contribution in [2.75, 3.05) is 0 Å². The van der Waals surface area contributed by atoms with Crippen molar-refractivity contribution in [3.8, 4) is 22.3 Å². The van der Waals surface area contributed by atoms with Gasteiger partial charge in [0.2, 0.25) is 0 Å². The van der Waals surface area contributed by atoms with E-state index >= 15 is 0 Å². The van der Waals surface area contributed by atoms with Crippen LogP contribution in [0.15, 0.2) is 83.5 Å². The van der Waals surface area contributed by atoms with Gasteiger partial charge in [-0.2, -0.15) is 0 Å². The lowest BCUT2D eigenvalue weighted by atomic mass is 9.97. The Morgan fingerprint density at radius 1 is 0.600 bits per heavy atom. The second kappa shape index (κ2) is 12.2. The van der Waals surface area contributed by atoms with E-state index in [0.717, 1.165) is 36.6 Å². The van der Waals surface area contributed by atoms with Crippen molar-refractivity contribution < 1.29 is 45.8 Å². The summed E-state index contributed by atoms with van der Waals surface area (Å²) in [6.45, 7) is 1.94. The number of benzene rings is 4. The molecule has 4 aromatic rings. The van der Waals surface area contributed by atoms with E-state index in [1.807, 2.05) is 6.92 Å². The van der Waals surface area contributed by atoms with Crippen LogP contribution in [-0.4, -0.2) is 0 Å². The average molecular weight is 665 g/mol. The van der Waals surface area contributed by atoms with E-state index in [9.17, 15) is 45.8 Å². The molecule has 0 radical (unpaired) electrons. The predicted octanol–water partition coefficient (Wildman–Crippen LogP) is 13.2. The minimum Gasteiger partial charge on any atom is -0.209 e. The molecule has 0 aromatic heterocycles. The van der Waals surface area contributed by atoms with Crippen molar-refractivity contribution in [2.24, 2.45) is 0 Å². The van der Waals surface area contributed by atoms with Crippen molar-refractivity contribution in [3.05, 3.63) is 119 Å². The molecule has 0 nitrogen and oxygen atoms in total. The van der Waals surface area contributed by atoms with E-state index in [-0.39, 0.29) is 30.5 Å². The molecule has 0 amide bonds. The molecular weight excluding hydrogens is 637 g/mol. The third-order valence-electron chi connectivity index (χ3n) is 7.18. The van der Waals surface area contributed by atoms with Crippen molar-refractivity contribution in [2.45, 2.75) is 50.3 Å². The van der Waals surface area contributed by atoms with Gasteiger partial charge in [0.15, 0.2) is 10.7 Å². The molecule has 242 valence electrons. The summed E-state index contributed by atoms with van der Waals surface area (Å²) < 4.78 is 151. The maximum absolute atomic E-state index is 14.9. The fourth-order valence-electron chi connectivity index (χ4n) is 4.84. The third-order valence-corrected chi connectivity index (χ3v) is 8.34. The standard InChI is InChI=1S/C33H27F11S/c1-2-3-4-5-27(34)32(39)24-13-12-22(28(35)17-24)11-8-20-6-9-21(10-7-20)23-14-15-26(29(36)16-23)25-18-30(37)33(31(38)19-25)45(40,41,42,43)44/h6-7,9-10,12-19H,2-5,8,11H2,1H3/b32-27+. The molecule has 4 aromatic carbocycles. The highest BCUT2D eigenvalue weighted by atomic mass is 32.5. The molecule has 0 heterocycles. The SMILES string of the molecule is CCCCC/C(F)=C(\F)c1ccc(CCc2ccc(-c3ccc(-c4cc(F)c(S(F)(F)(F)(F)F)c(F)c4)c(F)c3)cc2)c(F)c1. The molecular formula is C33H27F11S. The zero-order valence-electron chi connectivity index (χ0n) is 23.7. The van der Waals surface area contributed by atoms with Crippen LogP contribution in [0.5, 0.6) is 0 Å². The first kappa shape index (κ1) is 34.1. The molecule has 0 saturated heterocycles. The molecule has 12 heteroatoms. The van der Waals surface area contributed by atoms with Crippen molar-refractivity contribution in [3.63, 3.8) is 0 Å². The molecule has 0 aliphatic carbocycles. The molecule has 0 N–H and O–H groups in total. The number of aryl methyl sites for hydroxylation is 2. The first-order valence-electron chi connectivity index (χ1n) is 13.8. The van der Waals surface area contributed by atoms with Crippen LogP contribution in [0, 0.1) is 23.3 Å². The van der Waals surface area contributed by atoms with Gasteiger partial charge in [-0.05, 0) is 71.3 Å². The lowest BCUT2D eigenvalue weighted by Gasteiger charge is -2.40. The average Bonchev–Trinajstić information content (AvgIpc) is 2.94. The number of unbranched alkanes of at least 4 members (excludes halogenated alkanes) is 2. The molecule has 0 saturated carbocycles. The molecule has 0 fully saturated rings. The van der Waals surface area contributed by atoms with E-state index in [1.54, 1.807) is 24.3 Å². The summed E-state index contributed by atoms with van der Waals surface area (Å²) in [4.78, 5) is -3.29. The van der Waals surface area contributed by atoms with Crippen LogP contribution in [0.25, 0.3) is 28.1 Å². The van der Waals surface area contributed by atoms with E-state index in [2.05, 4.69) is 0 Å². The quantitative estimate of drug-likeness (QED) is 0.111. The normalized spacial score (nSPS) is 14.1. The van der Waals surface area contributed by atoms with Gasteiger partial charge in [0, 0.05) is 17.5 Å². The molecule has 0 bridgehead atoms. The summed E-state index contributed by atoms with van der Waals surface area (Å²) in [5.74, 6) is -8.87. The Hall–Kier alpha value is -3.80. The Morgan fingerprint density at radius 3 is 1.76 bits per heavy atom. The van der Waals surface area contributed by atoms with Gasteiger partial charge in [0.1, 0.15) is 29.1 Å². The van der Waals surface area contributed by atoms with Gasteiger partial charge in [-0.25, -0.2) is 26.3 Å². The smallest absolute Gasteiger partial charge is 0.209 e. The Kier molecular flexibility index (Phi) is 9.23. The second-order valence-corrected chi connectivity index (χ2v) is 13.0. The summed E-state index contributed by atoms with van der Waals surface area (Å²) >= 11 is 0. The monoisotopic (exact) mass is 664 g/mol. The van der Waals surface area contributed by atoms with Crippen LogP contribution in [0.2, 0.25) is 0 Å². The van der Waals surface area contributed by atoms with Crippen molar-refractivity contribution >= 4 is 16.1 Å². The number of rotatable bonds is 11. The predicted molar refractivity (Wildman–Crippen MR) is 156 cm³/mol. The zero-order chi connectivity index (χ0) is 33.2. The van der Waals surface area contributed by atoms with Gasteiger partial charge < -0.3 is 0 Å². The molecule has 0 spiro atoms. The molecule has 0 aliphatic heterocycles. The fraction of sp³-hybridized carbons (Fsp3) is 0.212. The number of hydrogen-bond acceptors (Lipinski definition) is 0. The van der Waals surface area contributed by atoms with Gasteiger partial charge in [-0.15, -0.1) is 0 Å². The lowest BCUT2D eigenvalue weighted by molar-refractivity contribution is 0.345. The highest BCUT2D eigenvalue weighted by molar-refractivity contribution is 8.45. The second-order valence-electron chi connectivity index (χ2n) is 10.6. The summed E-state index contributed by atoms with van der Waals surface area (Å²) in [7, 11) is -10.7. The van der Waals surface area contributed by atoms with Crippen molar-refractivity contribution in [1.29, 1.82) is 0 Å². The van der Waals surface area contributed by atoms with Crippen LogP contribution in [-0.2, 0) is 12.8 Å². The van der Waals surface area contributed by atoms with E-state index in [0.29, 0.717) is 29.5 Å². The minimum atomic E-state index is -10.7. The maximum atomic E-state index is 14.9. The summed E-state index contributed by atoms with van der Waals surface area (Å²) in [5.41, 5.74) is 0.464. The summed E-state index contributed by atoms with van der Waals surface area (Å²) in [6.07, 6.45) is 2.66. The zero-order valence-corrected chi connectivity index (χ0v) is 24.6. The van der Waals surface area contributed by atoms with Crippen LogP contribution in [0.1, 0.15) is 49.3 Å². The van der Waals surface area contributed by atoms with Gasteiger partial charge in [-0.3, -0.25) is 0 Å². The molecule has 45 heavy (non-hydrogen) atoms. The molecule has 0 aliphatic rings. The first-order valence-corrected chi connectivity index (χ1v) is 15.8. The van der Waals surface area contributed by atoms with Gasteiger partial charge in [0.25, 0.3) is 0 Å². The molecule has 0 atom stereocenters. The number of hydrogen-bond donors (Lipinski definition) is 0. The summed E-state index contributed by atoms with van der Waals surface area (Å²) in [5, 5.41) is 0. The highest BCUT2D eigenvalue weighted by Gasteiger charge is 2.68. The van der Waals surface area contributed by atoms with Gasteiger partial charge in [-0.1, -0.05) is 87.7 Å². The topological polar surface area (TPSA) is 0 Å².